The Morgan fingerprint density at radius 1 is 1.20 bits per heavy atom. The number of nitrogens with zero attached hydrogens (tertiary/aromatic N) is 2. The molecule has 0 unspecified atom stereocenters. The molecular weight excluding hydrogens is 186 g/mol. The Bertz CT molecular complexity index is 451. The first kappa shape index (κ1) is 9.77. The average Bonchev–Trinajstić information content (AvgIpc) is 2.49. The van der Waals surface area contributed by atoms with Gasteiger partial charge in [0.15, 0.2) is 0 Å². The molecule has 0 aliphatic rings. The number of nitrogen functional groups attached to an aromatic ring is 1. The van der Waals surface area contributed by atoms with Crippen molar-refractivity contribution in [3.05, 3.63) is 47.4 Å². The highest BCUT2D eigenvalue weighted by atomic mass is 15.1. The highest BCUT2D eigenvalue weighted by Gasteiger charge is 1.98. The molecule has 3 nitrogen and oxygen atoms in total. The topological polar surface area (TPSA) is 43.8 Å². The van der Waals surface area contributed by atoms with E-state index in [1.54, 1.807) is 6.33 Å². The summed E-state index contributed by atoms with van der Waals surface area (Å²) in [4.78, 5) is 4.00. The third-order valence-electron chi connectivity index (χ3n) is 2.30. The molecule has 0 aliphatic heterocycles. The highest BCUT2D eigenvalue weighted by Crippen LogP contribution is 2.10. The van der Waals surface area contributed by atoms with Crippen LogP contribution >= 0.6 is 0 Å². The molecule has 1 aromatic heterocycles. The number of hydrogen-bond donors (Lipinski definition) is 1. The van der Waals surface area contributed by atoms with Crippen LogP contribution in [-0.4, -0.2) is 9.55 Å². The van der Waals surface area contributed by atoms with Crippen molar-refractivity contribution in [2.24, 2.45) is 0 Å². The molecule has 0 saturated carbocycles. The van der Waals surface area contributed by atoms with Crippen molar-refractivity contribution in [1.29, 1.82) is 0 Å². The van der Waals surface area contributed by atoms with Crippen LogP contribution in [0.15, 0.2) is 30.7 Å². The molecule has 0 radical (unpaired) electrons. The molecule has 78 valence electrons. The number of nitrogens with two attached hydrogens (primary N) is 1. The summed E-state index contributed by atoms with van der Waals surface area (Å²) in [6, 6.07) is 6.54. The molecule has 0 bridgehead atoms. The maximum Gasteiger partial charge on any atom is 0.141 e. The first-order valence-electron chi connectivity index (χ1n) is 4.98. The lowest BCUT2D eigenvalue weighted by Gasteiger charge is -2.05. The SMILES string of the molecule is Cc1cc(C)cc(Cn2cnc(N)c2)c1. The highest BCUT2D eigenvalue weighted by molar-refractivity contribution is 5.29. The Hall–Kier alpha value is -1.77. The minimum Gasteiger partial charge on any atom is -0.382 e. The Morgan fingerprint density at radius 3 is 2.40 bits per heavy atom. The molecule has 1 aromatic carbocycles. The van der Waals surface area contributed by atoms with Gasteiger partial charge < -0.3 is 10.3 Å². The third kappa shape index (κ3) is 2.37. The Balaban J connectivity index is 2.24. The van der Waals surface area contributed by atoms with Gasteiger partial charge in [0.2, 0.25) is 0 Å². The van der Waals surface area contributed by atoms with Gasteiger partial charge in [0.1, 0.15) is 5.82 Å². The second-order valence-corrected chi connectivity index (χ2v) is 3.97. The second-order valence-electron chi connectivity index (χ2n) is 3.97. The van der Waals surface area contributed by atoms with Gasteiger partial charge in [-0.25, -0.2) is 4.98 Å². The molecule has 1 heterocycles. The summed E-state index contributed by atoms with van der Waals surface area (Å²) in [5.74, 6) is 0.569. The molecule has 2 rings (SSSR count). The second kappa shape index (κ2) is 3.77. The minimum absolute atomic E-state index is 0.569. The van der Waals surface area contributed by atoms with Gasteiger partial charge in [-0.3, -0.25) is 0 Å². The van der Waals surface area contributed by atoms with E-state index < -0.39 is 0 Å². The molecule has 3 heteroatoms. The van der Waals surface area contributed by atoms with Gasteiger partial charge in [-0.2, -0.15) is 0 Å². The maximum absolute atomic E-state index is 5.56. The molecule has 2 aromatic rings. The number of aryl methyl sites for hydroxylation is 2. The molecule has 15 heavy (non-hydrogen) atoms. The minimum atomic E-state index is 0.569. The fraction of sp³-hybridized carbons (Fsp3) is 0.250. The zero-order valence-corrected chi connectivity index (χ0v) is 9.07. The number of rotatable bonds is 2. The summed E-state index contributed by atoms with van der Waals surface area (Å²) in [5.41, 5.74) is 9.42. The lowest BCUT2D eigenvalue weighted by atomic mass is 10.1. The number of aromatic nitrogens is 2. The third-order valence-corrected chi connectivity index (χ3v) is 2.30. The molecule has 0 atom stereocenters. The normalized spacial score (nSPS) is 10.5. The van der Waals surface area contributed by atoms with Crippen molar-refractivity contribution in [3.8, 4) is 0 Å². The largest absolute Gasteiger partial charge is 0.382 e. The number of anilines is 1. The number of hydrogen-bond acceptors (Lipinski definition) is 2. The van der Waals surface area contributed by atoms with Gasteiger partial charge >= 0.3 is 0 Å². The van der Waals surface area contributed by atoms with E-state index >= 15 is 0 Å². The van der Waals surface area contributed by atoms with E-state index in [1.807, 2.05) is 10.8 Å². The molecule has 0 amide bonds. The van der Waals surface area contributed by atoms with Gasteiger partial charge in [0.25, 0.3) is 0 Å². The van der Waals surface area contributed by atoms with Crippen molar-refractivity contribution >= 4 is 5.82 Å². The van der Waals surface area contributed by atoms with Crippen LogP contribution in [0.2, 0.25) is 0 Å². The zero-order valence-electron chi connectivity index (χ0n) is 9.07. The van der Waals surface area contributed by atoms with E-state index in [0.29, 0.717) is 5.82 Å². The number of imidazole rings is 1. The van der Waals surface area contributed by atoms with Crippen LogP contribution in [0.3, 0.4) is 0 Å². The summed E-state index contributed by atoms with van der Waals surface area (Å²) in [7, 11) is 0. The van der Waals surface area contributed by atoms with Crippen LogP contribution < -0.4 is 5.73 Å². The van der Waals surface area contributed by atoms with Gasteiger partial charge in [0, 0.05) is 12.7 Å². The van der Waals surface area contributed by atoms with E-state index in [0.717, 1.165) is 6.54 Å². The summed E-state index contributed by atoms with van der Waals surface area (Å²) in [5, 5.41) is 0. The predicted molar refractivity (Wildman–Crippen MR) is 61.7 cm³/mol. The van der Waals surface area contributed by atoms with Gasteiger partial charge in [-0.15, -0.1) is 0 Å². The summed E-state index contributed by atoms with van der Waals surface area (Å²) in [6.45, 7) is 5.05. The Morgan fingerprint density at radius 2 is 1.87 bits per heavy atom. The molecule has 0 fully saturated rings. The Labute approximate surface area is 89.6 Å². The maximum atomic E-state index is 5.56. The lowest BCUT2D eigenvalue weighted by Crippen LogP contribution is -1.97. The first-order valence-corrected chi connectivity index (χ1v) is 4.98. The van der Waals surface area contributed by atoms with Gasteiger partial charge in [-0.05, 0) is 19.4 Å². The number of benzene rings is 1. The van der Waals surface area contributed by atoms with Crippen molar-refractivity contribution < 1.29 is 0 Å². The molecule has 0 spiro atoms. The lowest BCUT2D eigenvalue weighted by molar-refractivity contribution is 0.796. The summed E-state index contributed by atoms with van der Waals surface area (Å²) < 4.78 is 1.99. The molecule has 0 aliphatic carbocycles. The summed E-state index contributed by atoms with van der Waals surface area (Å²) in [6.07, 6.45) is 3.60. The first-order chi connectivity index (χ1) is 7.13. The fourth-order valence-corrected chi connectivity index (χ4v) is 1.83. The van der Waals surface area contributed by atoms with Crippen LogP contribution in [0.25, 0.3) is 0 Å². The van der Waals surface area contributed by atoms with Crippen LogP contribution in [0.5, 0.6) is 0 Å². The Kier molecular flexibility index (Phi) is 2.46. The van der Waals surface area contributed by atoms with Crippen molar-refractivity contribution in [2.75, 3.05) is 5.73 Å². The average molecular weight is 201 g/mol. The smallest absolute Gasteiger partial charge is 0.141 e. The monoisotopic (exact) mass is 201 g/mol. The quantitative estimate of drug-likeness (QED) is 0.808. The van der Waals surface area contributed by atoms with E-state index in [9.17, 15) is 0 Å². The zero-order chi connectivity index (χ0) is 10.8. The standard InChI is InChI=1S/C12H15N3/c1-9-3-10(2)5-11(4-9)6-15-7-12(13)14-8-15/h3-5,7-8H,6,13H2,1-2H3. The van der Waals surface area contributed by atoms with Crippen LogP contribution in [0.4, 0.5) is 5.82 Å². The molecule has 0 saturated heterocycles. The van der Waals surface area contributed by atoms with Gasteiger partial charge in [-0.1, -0.05) is 29.3 Å². The van der Waals surface area contributed by atoms with Crippen LogP contribution in [-0.2, 0) is 6.54 Å². The van der Waals surface area contributed by atoms with Crippen molar-refractivity contribution in [1.82, 2.24) is 9.55 Å². The van der Waals surface area contributed by atoms with Crippen molar-refractivity contribution in [2.45, 2.75) is 20.4 Å². The summed E-state index contributed by atoms with van der Waals surface area (Å²) >= 11 is 0. The van der Waals surface area contributed by atoms with Crippen molar-refractivity contribution in [3.63, 3.8) is 0 Å². The van der Waals surface area contributed by atoms with E-state index in [1.165, 1.54) is 16.7 Å². The van der Waals surface area contributed by atoms with Crippen LogP contribution in [0.1, 0.15) is 16.7 Å². The van der Waals surface area contributed by atoms with Gasteiger partial charge in [0.05, 0.1) is 6.33 Å². The van der Waals surface area contributed by atoms with E-state index in [-0.39, 0.29) is 0 Å². The predicted octanol–water partition coefficient (Wildman–Crippen LogP) is 2.13. The fourth-order valence-electron chi connectivity index (χ4n) is 1.83. The molecule has 2 N–H and O–H groups in total. The molecular formula is C12H15N3. The van der Waals surface area contributed by atoms with E-state index in [2.05, 4.69) is 37.0 Å². The van der Waals surface area contributed by atoms with E-state index in [4.69, 9.17) is 5.73 Å². The van der Waals surface area contributed by atoms with Crippen LogP contribution in [0, 0.1) is 13.8 Å².